The summed E-state index contributed by atoms with van der Waals surface area (Å²) in [5, 5.41) is 26.0. The number of hydrogen-bond acceptors (Lipinski definition) is 17. The molecule has 0 radical (unpaired) electrons. The van der Waals surface area contributed by atoms with Crippen LogP contribution in [-0.4, -0.2) is 123 Å². The lowest BCUT2D eigenvalue weighted by Gasteiger charge is -2.26. The highest BCUT2D eigenvalue weighted by Crippen LogP contribution is 2.28. The third kappa shape index (κ3) is 20.0. The van der Waals surface area contributed by atoms with Gasteiger partial charge >= 0.3 is 6.09 Å². The van der Waals surface area contributed by atoms with Gasteiger partial charge in [-0.25, -0.2) is 19.2 Å². The Labute approximate surface area is 562 Å². The van der Waals surface area contributed by atoms with E-state index in [1.165, 1.54) is 53.0 Å². The molecule has 26 heteroatoms. The highest BCUT2D eigenvalue weighted by atomic mass is 32.1. The summed E-state index contributed by atoms with van der Waals surface area (Å²) in [7, 11) is 0. The average Bonchev–Trinajstić information content (AvgIpc) is 1.80. The lowest BCUT2D eigenvalue weighted by atomic mass is 9.95. The minimum absolute atomic E-state index is 0. The monoisotopic (exact) mass is 1350 g/mol. The van der Waals surface area contributed by atoms with Gasteiger partial charge < -0.3 is 51.8 Å². The van der Waals surface area contributed by atoms with Crippen molar-refractivity contribution in [1.29, 1.82) is 0 Å². The van der Waals surface area contributed by atoms with Crippen LogP contribution in [0.4, 0.5) is 9.18 Å². The Morgan fingerprint density at radius 3 is 1.47 bits per heavy atom. The Bertz CT molecular complexity index is 3970. The molecule has 23 nitrogen and oxygen atoms in total. The number of amides is 8. The minimum Gasteiger partial charge on any atom is -0.445 e. The molecule has 0 saturated carbocycles. The number of hydrogen-bond donors (Lipinski definition) is 8. The summed E-state index contributed by atoms with van der Waals surface area (Å²) >= 11 is 2.41. The predicted octanol–water partition coefficient (Wildman–Crippen LogP) is 8.06. The molecule has 5 aromatic carbocycles. The van der Waals surface area contributed by atoms with Crippen LogP contribution in [0.3, 0.4) is 0 Å². The van der Waals surface area contributed by atoms with E-state index < -0.39 is 101 Å². The maximum Gasteiger partial charge on any atom is 0.408 e. The Balaban J connectivity index is 0.000000243. The third-order valence-electron chi connectivity index (χ3n) is 16.0. The summed E-state index contributed by atoms with van der Waals surface area (Å²) in [6, 6.07) is 33.3. The number of nitrogens with one attached hydrogen (secondary N) is 8. The molecule has 0 spiro atoms. The summed E-state index contributed by atoms with van der Waals surface area (Å²) in [6.45, 7) is 8.13. The van der Waals surface area contributed by atoms with Crippen LogP contribution in [0, 0.1) is 30.5 Å². The Hall–Kier alpha value is -10.1. The van der Waals surface area contributed by atoms with Crippen LogP contribution in [0.5, 0.6) is 0 Å². The third-order valence-corrected chi connectivity index (χ3v) is 18.1. The first-order valence-corrected chi connectivity index (χ1v) is 33.0. The summed E-state index contributed by atoms with van der Waals surface area (Å²) in [6.07, 6.45) is 0.953. The van der Waals surface area contributed by atoms with E-state index >= 15 is 0 Å². The molecule has 0 unspecified atom stereocenters. The van der Waals surface area contributed by atoms with Crippen molar-refractivity contribution >= 4 is 102 Å². The zero-order valence-electron chi connectivity index (χ0n) is 52.7. The van der Waals surface area contributed by atoms with E-state index in [1.807, 2.05) is 111 Å². The second kappa shape index (κ2) is 34.4. The summed E-state index contributed by atoms with van der Waals surface area (Å²) in [4.78, 5) is 142. The highest BCUT2D eigenvalue weighted by Gasteiger charge is 2.38. The number of para-hydroxylation sites is 2. The molecule has 8 N–H and O–H groups in total. The van der Waals surface area contributed by atoms with Crippen molar-refractivity contribution in [2.75, 3.05) is 13.1 Å². The van der Waals surface area contributed by atoms with Crippen LogP contribution < -0.4 is 42.5 Å². The predicted molar refractivity (Wildman–Crippen MR) is 360 cm³/mol. The number of alkyl carbamates (subject to hydrolysis) is 1. The van der Waals surface area contributed by atoms with Gasteiger partial charge in [-0.2, -0.15) is 0 Å². The lowest BCUT2D eigenvalue weighted by Crippen LogP contribution is -2.57. The van der Waals surface area contributed by atoms with Crippen molar-refractivity contribution in [2.45, 2.75) is 129 Å². The number of carbonyl (C=O) groups is 10. The van der Waals surface area contributed by atoms with E-state index in [0.29, 0.717) is 54.7 Å². The van der Waals surface area contributed by atoms with E-state index in [2.05, 4.69) is 57.7 Å². The van der Waals surface area contributed by atoms with Crippen LogP contribution in [0.2, 0.25) is 0 Å². The fourth-order valence-electron chi connectivity index (χ4n) is 10.9. The molecule has 2 saturated heterocycles. The van der Waals surface area contributed by atoms with Crippen molar-refractivity contribution < 1.29 is 61.6 Å². The van der Waals surface area contributed by atoms with Gasteiger partial charge in [0.15, 0.2) is 15.7 Å². The largest absolute Gasteiger partial charge is 0.445 e. The summed E-state index contributed by atoms with van der Waals surface area (Å²) in [5.41, 5.74) is 3.42. The molecular formula is C70H78FN11O12S2. The number of thiazole rings is 2. The van der Waals surface area contributed by atoms with Gasteiger partial charge in [-0.05, 0) is 104 Å². The lowest BCUT2D eigenvalue weighted by molar-refractivity contribution is -0.130. The molecule has 96 heavy (non-hydrogen) atoms. The van der Waals surface area contributed by atoms with Gasteiger partial charge in [0, 0.05) is 43.8 Å². The van der Waals surface area contributed by atoms with Crippen LogP contribution in [0.15, 0.2) is 144 Å². The number of rotatable bonds is 28. The molecule has 5 heterocycles. The fraction of sp³-hybridized carbons (Fsp3) is 0.357. The van der Waals surface area contributed by atoms with Crippen LogP contribution >= 0.6 is 22.7 Å². The number of aryl methyl sites for hydroxylation is 1. The van der Waals surface area contributed by atoms with Gasteiger partial charge in [-0.15, -0.1) is 22.7 Å². The van der Waals surface area contributed by atoms with Crippen molar-refractivity contribution in [1.82, 2.24) is 57.7 Å². The standard InChI is InChI=1S/C37H41N5O6S.C32H33FN6O6S.CH4/c1-23(2)19-29(42-37(47)48-22-25-13-7-4-8-14-25)34(45)40-30(20-24-11-5-3-6-12-24)35(46)39-28(21-26-17-18-38-33(26)44)32(43)36-41-27-15-9-10-16-31(27)49-36;1-3-21(35-31(44)25-14-17(2)45-39-25)29(42)37-24(15-18-8-10-20(33)11-9-18)30(43)36-23(16-19-12-13-34-28(19)41)27(40)32-38-22-6-4-5-7-26(22)46-32;/h3-16,23,26,28-30H,17-22H2,1-2H3,(H,38,44)(H,39,46)(H,40,45)(H,42,47);4-11,14,19,21,23-24H,3,12-13,15-16H2,1-2H3,(H,34,41)(H,35,44)(H,36,43)(H,37,42);1H4/t26-,28-,29-,30-;19-,21-,23-,24-;/m00./s1. The molecule has 8 atom stereocenters. The maximum atomic E-state index is 14.1. The number of ketones is 2. The number of carbonyl (C=O) groups excluding carboxylic acids is 10. The summed E-state index contributed by atoms with van der Waals surface area (Å²) in [5.74, 6) is -5.37. The number of benzene rings is 5. The smallest absolute Gasteiger partial charge is 0.408 e. The van der Waals surface area contributed by atoms with Crippen molar-refractivity contribution in [3.63, 3.8) is 0 Å². The molecule has 2 fully saturated rings. The van der Waals surface area contributed by atoms with E-state index in [1.54, 1.807) is 26.0 Å². The first-order valence-electron chi connectivity index (χ1n) is 31.3. The second-order valence-corrected chi connectivity index (χ2v) is 25.7. The molecule has 0 bridgehead atoms. The molecule has 2 aliphatic heterocycles. The number of aromatic nitrogens is 3. The highest BCUT2D eigenvalue weighted by molar-refractivity contribution is 7.20. The number of Topliss-reactive ketones (excluding diaryl/α,β-unsaturated/α-hetero) is 2. The minimum atomic E-state index is -1.22. The van der Waals surface area contributed by atoms with Gasteiger partial charge in [0.2, 0.25) is 47.0 Å². The normalized spacial score (nSPS) is 16.0. The fourth-order valence-corrected chi connectivity index (χ4v) is 12.8. The number of nitrogens with zero attached hydrogens (tertiary/aromatic N) is 3. The zero-order valence-corrected chi connectivity index (χ0v) is 54.3. The topological polar surface area (TPSA) is 328 Å². The van der Waals surface area contributed by atoms with E-state index in [4.69, 9.17) is 9.26 Å². The van der Waals surface area contributed by atoms with Gasteiger partial charge in [-0.1, -0.05) is 130 Å². The maximum absolute atomic E-state index is 14.1. The first-order chi connectivity index (χ1) is 45.8. The molecule has 0 aliphatic carbocycles. The number of ether oxygens (including phenoxy) is 1. The Morgan fingerprint density at radius 1 is 0.573 bits per heavy atom. The van der Waals surface area contributed by atoms with Gasteiger partial charge in [0.25, 0.3) is 5.91 Å². The number of fused-ring (bicyclic) bond motifs is 2. The average molecular weight is 1350 g/mol. The zero-order chi connectivity index (χ0) is 67.5. The molecular weight excluding hydrogens is 1270 g/mol. The Kier molecular flexibility index (Phi) is 25.7. The van der Waals surface area contributed by atoms with Gasteiger partial charge in [0.05, 0.1) is 32.5 Å². The van der Waals surface area contributed by atoms with Crippen LogP contribution in [0.25, 0.3) is 20.4 Å². The summed E-state index contributed by atoms with van der Waals surface area (Å²) < 4.78 is 25.6. The van der Waals surface area contributed by atoms with Crippen LogP contribution in [-0.2, 0) is 53.0 Å². The molecule has 8 amide bonds. The van der Waals surface area contributed by atoms with Gasteiger partial charge in [0.1, 0.15) is 42.4 Å². The number of halogens is 1. The molecule has 2 aliphatic rings. The van der Waals surface area contributed by atoms with E-state index in [9.17, 15) is 52.3 Å². The van der Waals surface area contributed by atoms with E-state index in [0.717, 1.165) is 20.5 Å². The first kappa shape index (κ1) is 71.8. The molecule has 504 valence electrons. The van der Waals surface area contributed by atoms with Gasteiger partial charge in [-0.3, -0.25) is 43.2 Å². The van der Waals surface area contributed by atoms with E-state index in [-0.39, 0.29) is 79.6 Å². The van der Waals surface area contributed by atoms with Crippen molar-refractivity contribution in [2.24, 2.45) is 17.8 Å². The van der Waals surface area contributed by atoms with Crippen LogP contribution in [0.1, 0.15) is 119 Å². The SMILES string of the molecule is C.CC(C)C[C@H](NC(=O)OCc1ccccc1)C(=O)N[C@@H](Cc1ccccc1)C(=O)N[C@@H](C[C@@H]1CCNC1=O)C(=O)c1nc2ccccc2s1.CC[C@H](NC(=O)c1cc(C)on1)C(=O)N[C@@H](Cc1ccc(F)cc1)C(=O)N[C@@H](C[C@@H]1CCNC1=O)C(=O)c1nc2ccccc2s1. The van der Waals surface area contributed by atoms with Crippen molar-refractivity contribution in [3.05, 3.63) is 184 Å². The Morgan fingerprint density at radius 2 is 1.02 bits per heavy atom. The molecule has 8 aromatic rings. The van der Waals surface area contributed by atoms with Crippen molar-refractivity contribution in [3.8, 4) is 0 Å². The quantitative estimate of drug-likeness (QED) is 0.0215. The second-order valence-electron chi connectivity index (χ2n) is 23.6. The molecule has 3 aromatic heterocycles. The molecule has 10 rings (SSSR count).